The molecule has 0 unspecified atom stereocenters. The molecule has 23 heavy (non-hydrogen) atoms. The highest BCUT2D eigenvalue weighted by Crippen LogP contribution is 2.37. The summed E-state index contributed by atoms with van der Waals surface area (Å²) in [5.41, 5.74) is 1.74. The van der Waals surface area contributed by atoms with E-state index in [-0.39, 0.29) is 24.2 Å². The summed E-state index contributed by atoms with van der Waals surface area (Å²) in [5.74, 6) is 0. The molecule has 0 aliphatic heterocycles. The van der Waals surface area contributed by atoms with Gasteiger partial charge in [0.1, 0.15) is 5.69 Å². The van der Waals surface area contributed by atoms with Gasteiger partial charge in [-0.2, -0.15) is 0 Å². The number of fused-ring (bicyclic) bond motifs is 5. The SMILES string of the molecule is [2H]c1c([2H])c([2H])c2c(ccc3ccc4onc(-c5ccccn5)c4c32)c1[2H]. The Morgan fingerprint density at radius 1 is 0.870 bits per heavy atom. The van der Waals surface area contributed by atoms with Gasteiger partial charge in [-0.15, -0.1) is 0 Å². The van der Waals surface area contributed by atoms with Crippen LogP contribution in [0, 0.1) is 0 Å². The highest BCUT2D eigenvalue weighted by Gasteiger charge is 2.16. The molecular weight excluding hydrogens is 284 g/mol. The van der Waals surface area contributed by atoms with Gasteiger partial charge < -0.3 is 4.52 Å². The summed E-state index contributed by atoms with van der Waals surface area (Å²) in [7, 11) is 0. The third-order valence-electron chi connectivity index (χ3n) is 3.98. The molecule has 0 atom stereocenters. The fourth-order valence-corrected chi connectivity index (χ4v) is 2.95. The second-order valence-electron chi connectivity index (χ2n) is 5.27. The van der Waals surface area contributed by atoms with Crippen molar-refractivity contribution in [1.29, 1.82) is 0 Å². The Hall–Kier alpha value is -3.20. The van der Waals surface area contributed by atoms with E-state index in [0.717, 1.165) is 5.39 Å². The molecule has 2 aromatic heterocycles. The van der Waals surface area contributed by atoms with E-state index < -0.39 is 0 Å². The van der Waals surface area contributed by atoms with Crippen LogP contribution in [0.2, 0.25) is 0 Å². The molecule has 0 saturated carbocycles. The first-order chi connectivity index (χ1) is 13.1. The van der Waals surface area contributed by atoms with Crippen molar-refractivity contribution < 1.29 is 10.0 Å². The molecule has 5 rings (SSSR count). The van der Waals surface area contributed by atoms with E-state index in [1.807, 2.05) is 36.4 Å². The molecule has 0 fully saturated rings. The van der Waals surface area contributed by atoms with Gasteiger partial charge in [-0.3, -0.25) is 4.98 Å². The zero-order valence-corrected chi connectivity index (χ0v) is 11.9. The van der Waals surface area contributed by atoms with E-state index in [0.29, 0.717) is 38.5 Å². The number of hydrogen-bond acceptors (Lipinski definition) is 3. The van der Waals surface area contributed by atoms with Crippen molar-refractivity contribution in [3.63, 3.8) is 0 Å². The summed E-state index contributed by atoms with van der Waals surface area (Å²) in [6, 6.07) is 12.1. The van der Waals surface area contributed by atoms with Crippen LogP contribution in [0.4, 0.5) is 0 Å². The molecule has 0 bridgehead atoms. The molecule has 108 valence electrons. The quantitative estimate of drug-likeness (QED) is 0.400. The maximum atomic E-state index is 8.45. The van der Waals surface area contributed by atoms with Gasteiger partial charge in [0.2, 0.25) is 0 Å². The Balaban J connectivity index is 2.07. The number of aromatic nitrogens is 2. The first-order valence-corrected chi connectivity index (χ1v) is 7.20. The van der Waals surface area contributed by atoms with Gasteiger partial charge in [-0.25, -0.2) is 0 Å². The van der Waals surface area contributed by atoms with Crippen molar-refractivity contribution in [2.45, 2.75) is 0 Å². The summed E-state index contributed by atoms with van der Waals surface area (Å²) in [6.45, 7) is 0. The monoisotopic (exact) mass is 300 g/mol. The average molecular weight is 300 g/mol. The van der Waals surface area contributed by atoms with E-state index in [1.54, 1.807) is 12.3 Å². The molecule has 5 aromatic rings. The van der Waals surface area contributed by atoms with Crippen LogP contribution >= 0.6 is 0 Å². The van der Waals surface area contributed by atoms with Crippen LogP contribution in [0.1, 0.15) is 5.48 Å². The summed E-state index contributed by atoms with van der Waals surface area (Å²) in [5, 5.41) is 7.35. The van der Waals surface area contributed by atoms with Gasteiger partial charge in [-0.1, -0.05) is 53.6 Å². The maximum Gasteiger partial charge on any atom is 0.168 e. The Bertz CT molecular complexity index is 1360. The Labute approximate surface area is 137 Å². The van der Waals surface area contributed by atoms with Crippen LogP contribution in [0.25, 0.3) is 43.9 Å². The molecule has 0 aliphatic rings. The molecule has 3 nitrogen and oxygen atoms in total. The van der Waals surface area contributed by atoms with Crippen LogP contribution in [0.15, 0.2) is 77.4 Å². The second-order valence-corrected chi connectivity index (χ2v) is 5.27. The van der Waals surface area contributed by atoms with Crippen molar-refractivity contribution in [3.8, 4) is 11.4 Å². The van der Waals surface area contributed by atoms with Crippen LogP contribution in [0.5, 0.6) is 0 Å². The number of nitrogens with zero attached hydrogens (tertiary/aromatic N) is 2. The van der Waals surface area contributed by atoms with Gasteiger partial charge in [0, 0.05) is 11.6 Å². The lowest BCUT2D eigenvalue weighted by atomic mass is 9.97. The molecule has 3 heteroatoms. The van der Waals surface area contributed by atoms with Crippen molar-refractivity contribution in [1.82, 2.24) is 10.1 Å². The normalized spacial score (nSPS) is 13.9. The number of hydrogen-bond donors (Lipinski definition) is 0. The van der Waals surface area contributed by atoms with Gasteiger partial charge >= 0.3 is 0 Å². The predicted octanol–water partition coefficient (Wildman–Crippen LogP) is 5.20. The Morgan fingerprint density at radius 3 is 2.65 bits per heavy atom. The number of pyridine rings is 1. The van der Waals surface area contributed by atoms with E-state index in [2.05, 4.69) is 10.1 Å². The highest BCUT2D eigenvalue weighted by atomic mass is 16.5. The van der Waals surface area contributed by atoms with Crippen molar-refractivity contribution >= 4 is 32.5 Å². The lowest BCUT2D eigenvalue weighted by Gasteiger charge is -2.05. The molecule has 0 radical (unpaired) electrons. The second kappa shape index (κ2) is 4.65. The topological polar surface area (TPSA) is 38.9 Å². The smallest absolute Gasteiger partial charge is 0.168 e. The largest absolute Gasteiger partial charge is 0.356 e. The Kier molecular flexibility index (Phi) is 1.83. The third-order valence-corrected chi connectivity index (χ3v) is 3.98. The van der Waals surface area contributed by atoms with Crippen molar-refractivity contribution in [2.75, 3.05) is 0 Å². The van der Waals surface area contributed by atoms with E-state index in [1.165, 1.54) is 0 Å². The minimum Gasteiger partial charge on any atom is -0.356 e. The lowest BCUT2D eigenvalue weighted by Crippen LogP contribution is -1.84. The van der Waals surface area contributed by atoms with Crippen LogP contribution < -0.4 is 0 Å². The highest BCUT2D eigenvalue weighted by molar-refractivity contribution is 6.22. The summed E-state index contributed by atoms with van der Waals surface area (Å²) in [4.78, 5) is 4.36. The summed E-state index contributed by atoms with van der Waals surface area (Å²) < 4.78 is 38.2. The zero-order chi connectivity index (χ0) is 18.7. The van der Waals surface area contributed by atoms with Gasteiger partial charge in [0.25, 0.3) is 0 Å². The first-order valence-electron chi connectivity index (χ1n) is 9.20. The third kappa shape index (κ3) is 1.77. The fourth-order valence-electron chi connectivity index (χ4n) is 2.95. The lowest BCUT2D eigenvalue weighted by molar-refractivity contribution is 0.459. The fraction of sp³-hybridized carbons (Fsp3) is 0. The Morgan fingerprint density at radius 2 is 1.74 bits per heavy atom. The van der Waals surface area contributed by atoms with E-state index in [9.17, 15) is 0 Å². The molecule has 0 amide bonds. The summed E-state index contributed by atoms with van der Waals surface area (Å²) >= 11 is 0. The molecular formula is C20H12N2O. The molecule has 0 spiro atoms. The number of rotatable bonds is 1. The molecule has 0 saturated heterocycles. The number of benzene rings is 3. The summed E-state index contributed by atoms with van der Waals surface area (Å²) in [6.07, 6.45) is 1.67. The van der Waals surface area contributed by atoms with Crippen LogP contribution in [-0.4, -0.2) is 10.1 Å². The maximum absolute atomic E-state index is 8.45. The predicted molar refractivity (Wildman–Crippen MR) is 92.3 cm³/mol. The standard InChI is InChI=1S/C20H12N2O/c1-2-6-15-13(5-1)8-9-14-10-11-17-19(18(14)15)20(22-23-17)16-7-3-4-12-21-16/h1-12H/i1D,2D,5D,6D. The van der Waals surface area contributed by atoms with Crippen LogP contribution in [-0.2, 0) is 0 Å². The first kappa shape index (κ1) is 9.06. The zero-order valence-electron chi connectivity index (χ0n) is 15.9. The van der Waals surface area contributed by atoms with Crippen molar-refractivity contribution in [3.05, 3.63) is 72.8 Å². The van der Waals surface area contributed by atoms with E-state index >= 15 is 0 Å². The van der Waals surface area contributed by atoms with Gasteiger partial charge in [0.05, 0.1) is 16.6 Å². The molecule has 0 N–H and O–H groups in total. The minimum absolute atomic E-state index is 0.0549. The minimum atomic E-state index is -0.257. The van der Waals surface area contributed by atoms with E-state index in [4.69, 9.17) is 10.0 Å². The van der Waals surface area contributed by atoms with Gasteiger partial charge in [0.15, 0.2) is 5.58 Å². The van der Waals surface area contributed by atoms with Crippen LogP contribution in [0.3, 0.4) is 0 Å². The van der Waals surface area contributed by atoms with Gasteiger partial charge in [-0.05, 0) is 34.4 Å². The molecule has 2 heterocycles. The molecule has 3 aromatic carbocycles. The average Bonchev–Trinajstić information content (AvgIpc) is 3.15. The molecule has 0 aliphatic carbocycles. The van der Waals surface area contributed by atoms with Crippen molar-refractivity contribution in [2.24, 2.45) is 0 Å².